The number of hydrogen-bond acceptors (Lipinski definition) is 3. The Labute approximate surface area is 129 Å². The van der Waals surface area contributed by atoms with Crippen LogP contribution in [-0.2, 0) is 15.6 Å². The van der Waals surface area contributed by atoms with Gasteiger partial charge in [-0.25, -0.2) is 21.9 Å². The molecule has 0 saturated heterocycles. The Morgan fingerprint density at radius 2 is 2.14 bits per heavy atom. The molecule has 1 aromatic rings. The van der Waals surface area contributed by atoms with Crippen LogP contribution in [0.25, 0.3) is 0 Å². The molecule has 0 aliphatic heterocycles. The van der Waals surface area contributed by atoms with Crippen molar-refractivity contribution in [1.82, 2.24) is 4.72 Å². The molecular formula is C15H19F2NO3S. The summed E-state index contributed by atoms with van der Waals surface area (Å²) < 4.78 is 56.1. The van der Waals surface area contributed by atoms with E-state index in [0.717, 1.165) is 5.56 Å². The molecule has 0 heterocycles. The maximum absolute atomic E-state index is 12.2. The molecule has 22 heavy (non-hydrogen) atoms. The number of hydrogen-bond donors (Lipinski definition) is 1. The maximum Gasteiger partial charge on any atom is 0.272 e. The molecule has 0 unspecified atom stereocenters. The number of benzene rings is 1. The van der Waals surface area contributed by atoms with Crippen molar-refractivity contribution in [3.63, 3.8) is 0 Å². The standard InChI is InChI=1S/C15H19F2NO3S/c1-2-3-9-22(19,20)18-15(7-8-15)12-5-4-6-13(10-12)21-11-14(16)17/h2,4-6,10,14,18H,1,3,7-9,11H2. The van der Waals surface area contributed by atoms with Crippen molar-refractivity contribution in [2.45, 2.75) is 31.2 Å². The van der Waals surface area contributed by atoms with E-state index in [1.165, 1.54) is 0 Å². The van der Waals surface area contributed by atoms with Crippen molar-refractivity contribution in [3.05, 3.63) is 42.5 Å². The minimum atomic E-state index is -3.41. The first-order valence-electron chi connectivity index (χ1n) is 7.01. The Morgan fingerprint density at radius 3 is 2.73 bits per heavy atom. The van der Waals surface area contributed by atoms with Gasteiger partial charge in [-0.05, 0) is 37.0 Å². The highest BCUT2D eigenvalue weighted by Gasteiger charge is 2.47. The number of allylic oxidation sites excluding steroid dienone is 1. The van der Waals surface area contributed by atoms with Crippen LogP contribution in [0.3, 0.4) is 0 Å². The van der Waals surface area contributed by atoms with Gasteiger partial charge in [-0.3, -0.25) is 0 Å². The Kier molecular flexibility index (Phi) is 5.18. The van der Waals surface area contributed by atoms with Gasteiger partial charge < -0.3 is 4.74 Å². The summed E-state index contributed by atoms with van der Waals surface area (Å²) in [4.78, 5) is 0. The first-order valence-corrected chi connectivity index (χ1v) is 8.66. The summed E-state index contributed by atoms with van der Waals surface area (Å²) in [6, 6.07) is 6.64. The summed E-state index contributed by atoms with van der Waals surface area (Å²) in [5.74, 6) is 0.300. The third-order valence-corrected chi connectivity index (χ3v) is 4.93. The third kappa shape index (κ3) is 4.51. The number of halogens is 2. The van der Waals surface area contributed by atoms with Crippen molar-refractivity contribution >= 4 is 10.0 Å². The van der Waals surface area contributed by atoms with E-state index >= 15 is 0 Å². The first-order chi connectivity index (χ1) is 10.4. The number of nitrogens with one attached hydrogen (secondary N) is 1. The second-order valence-corrected chi connectivity index (χ2v) is 7.15. The van der Waals surface area contributed by atoms with Gasteiger partial charge in [-0.15, -0.1) is 6.58 Å². The molecule has 1 fully saturated rings. The quantitative estimate of drug-likeness (QED) is 0.708. The van der Waals surface area contributed by atoms with Crippen molar-refractivity contribution < 1.29 is 21.9 Å². The third-order valence-electron chi connectivity index (χ3n) is 3.45. The molecule has 122 valence electrons. The monoisotopic (exact) mass is 331 g/mol. The Balaban J connectivity index is 2.10. The van der Waals surface area contributed by atoms with Gasteiger partial charge in [0.25, 0.3) is 6.43 Å². The molecule has 1 aliphatic rings. The number of alkyl halides is 2. The minimum Gasteiger partial charge on any atom is -0.488 e. The fourth-order valence-corrected chi connectivity index (χ4v) is 3.70. The fraction of sp³-hybridized carbons (Fsp3) is 0.467. The second kappa shape index (κ2) is 6.75. The van der Waals surface area contributed by atoms with E-state index in [1.54, 1.807) is 30.3 Å². The largest absolute Gasteiger partial charge is 0.488 e. The average molecular weight is 331 g/mol. The average Bonchev–Trinajstić information content (AvgIpc) is 3.23. The molecular weight excluding hydrogens is 312 g/mol. The first kappa shape index (κ1) is 16.9. The van der Waals surface area contributed by atoms with Crippen LogP contribution in [0.5, 0.6) is 5.75 Å². The van der Waals surface area contributed by atoms with E-state index in [2.05, 4.69) is 11.3 Å². The molecule has 7 heteroatoms. The van der Waals surface area contributed by atoms with Gasteiger partial charge in [0.05, 0.1) is 11.3 Å². The predicted molar refractivity (Wildman–Crippen MR) is 80.6 cm³/mol. The fourth-order valence-electron chi connectivity index (χ4n) is 2.20. The molecule has 2 rings (SSSR count). The number of rotatable bonds is 9. The lowest BCUT2D eigenvalue weighted by atomic mass is 10.1. The molecule has 0 bridgehead atoms. The molecule has 1 saturated carbocycles. The maximum atomic E-state index is 12.2. The molecule has 0 amide bonds. The van der Waals surface area contributed by atoms with E-state index < -0.39 is 28.6 Å². The lowest BCUT2D eigenvalue weighted by molar-refractivity contribution is 0.0818. The summed E-state index contributed by atoms with van der Waals surface area (Å²) in [5, 5.41) is 0. The van der Waals surface area contributed by atoms with Crippen LogP contribution in [0.15, 0.2) is 36.9 Å². The molecule has 0 atom stereocenters. The van der Waals surface area contributed by atoms with Gasteiger partial charge in [-0.1, -0.05) is 18.2 Å². The van der Waals surface area contributed by atoms with Crippen molar-refractivity contribution in [2.75, 3.05) is 12.4 Å². The van der Waals surface area contributed by atoms with E-state index in [0.29, 0.717) is 25.0 Å². The van der Waals surface area contributed by atoms with Crippen molar-refractivity contribution in [2.24, 2.45) is 0 Å². The zero-order chi connectivity index (χ0) is 16.2. The summed E-state index contributed by atoms with van der Waals surface area (Å²) in [5.41, 5.74) is 0.103. The molecule has 1 aromatic carbocycles. The van der Waals surface area contributed by atoms with Gasteiger partial charge >= 0.3 is 0 Å². The lowest BCUT2D eigenvalue weighted by Gasteiger charge is -2.18. The van der Waals surface area contributed by atoms with Gasteiger partial charge in [-0.2, -0.15) is 0 Å². The van der Waals surface area contributed by atoms with E-state index in [-0.39, 0.29) is 5.75 Å². The van der Waals surface area contributed by atoms with E-state index in [9.17, 15) is 17.2 Å². The zero-order valence-electron chi connectivity index (χ0n) is 12.1. The molecule has 4 nitrogen and oxygen atoms in total. The molecule has 1 aliphatic carbocycles. The summed E-state index contributed by atoms with van der Waals surface area (Å²) in [7, 11) is -3.41. The van der Waals surface area contributed by atoms with E-state index in [4.69, 9.17) is 4.74 Å². The Morgan fingerprint density at radius 1 is 1.41 bits per heavy atom. The summed E-state index contributed by atoms with van der Waals surface area (Å²) in [6.07, 6.45) is 0.744. The van der Waals surface area contributed by atoms with Crippen molar-refractivity contribution in [1.29, 1.82) is 0 Å². The molecule has 0 aromatic heterocycles. The lowest BCUT2D eigenvalue weighted by Crippen LogP contribution is -2.36. The van der Waals surface area contributed by atoms with Crippen molar-refractivity contribution in [3.8, 4) is 5.75 Å². The Bertz CT molecular complexity index is 627. The van der Waals surface area contributed by atoms with Gasteiger partial charge in [0.2, 0.25) is 10.0 Å². The predicted octanol–water partition coefficient (Wildman–Crippen LogP) is 2.82. The van der Waals surface area contributed by atoms with Crippen LogP contribution in [0, 0.1) is 0 Å². The van der Waals surface area contributed by atoms with Gasteiger partial charge in [0.15, 0.2) is 0 Å². The summed E-state index contributed by atoms with van der Waals surface area (Å²) >= 11 is 0. The highest BCUT2D eigenvalue weighted by Crippen LogP contribution is 2.46. The second-order valence-electron chi connectivity index (χ2n) is 5.31. The zero-order valence-corrected chi connectivity index (χ0v) is 12.9. The Hall–Kier alpha value is -1.47. The molecule has 0 radical (unpaired) electrons. The van der Waals surface area contributed by atoms with E-state index in [1.807, 2.05) is 0 Å². The smallest absolute Gasteiger partial charge is 0.272 e. The topological polar surface area (TPSA) is 55.4 Å². The van der Waals surface area contributed by atoms with Crippen LogP contribution >= 0.6 is 0 Å². The molecule has 0 spiro atoms. The summed E-state index contributed by atoms with van der Waals surface area (Å²) in [6.45, 7) is 2.83. The highest BCUT2D eigenvalue weighted by molar-refractivity contribution is 7.89. The van der Waals surface area contributed by atoms with Crippen LogP contribution in [-0.4, -0.2) is 27.2 Å². The van der Waals surface area contributed by atoms with Crippen LogP contribution < -0.4 is 9.46 Å². The minimum absolute atomic E-state index is 0.0141. The van der Waals surface area contributed by atoms with Crippen LogP contribution in [0.4, 0.5) is 8.78 Å². The molecule has 1 N–H and O–H groups in total. The highest BCUT2D eigenvalue weighted by atomic mass is 32.2. The number of sulfonamides is 1. The van der Waals surface area contributed by atoms with Crippen LogP contribution in [0.1, 0.15) is 24.8 Å². The van der Waals surface area contributed by atoms with Gasteiger partial charge in [0, 0.05) is 0 Å². The van der Waals surface area contributed by atoms with Gasteiger partial charge in [0.1, 0.15) is 12.4 Å². The number of ether oxygens (including phenoxy) is 1. The SMILES string of the molecule is C=CCCS(=O)(=O)NC1(c2cccc(OCC(F)F)c2)CC1. The normalized spacial score (nSPS) is 16.5. The van der Waals surface area contributed by atoms with Crippen LogP contribution in [0.2, 0.25) is 0 Å².